The summed E-state index contributed by atoms with van der Waals surface area (Å²) in [6.45, 7) is 2.30. The number of carbonyl (C=O) groups excluding carboxylic acids is 1. The Morgan fingerprint density at radius 3 is 2.40 bits per heavy atom. The van der Waals surface area contributed by atoms with Crippen LogP contribution in [0.2, 0.25) is 0 Å². The van der Waals surface area contributed by atoms with Gasteiger partial charge in [0.25, 0.3) is 5.91 Å². The molecular weight excluding hydrogens is 517 g/mol. The van der Waals surface area contributed by atoms with E-state index in [-0.39, 0.29) is 26.4 Å². The van der Waals surface area contributed by atoms with Crippen LogP contribution in [0.1, 0.15) is 46.8 Å². The second-order valence-corrected chi connectivity index (χ2v) is 10.3. The van der Waals surface area contributed by atoms with Crippen LogP contribution in [0.15, 0.2) is 95.6 Å². The Kier molecular flexibility index (Phi) is 12.2. The molecule has 1 amide bonds. The fourth-order valence-corrected chi connectivity index (χ4v) is 4.92. The van der Waals surface area contributed by atoms with Crippen molar-refractivity contribution < 1.29 is 44.1 Å². The third-order valence-corrected chi connectivity index (χ3v) is 7.20. The van der Waals surface area contributed by atoms with Crippen molar-refractivity contribution in [2.75, 3.05) is 12.0 Å². The van der Waals surface area contributed by atoms with Crippen LogP contribution >= 0.6 is 11.8 Å². The smallest absolute Gasteiger partial charge is 1.00 e. The van der Waals surface area contributed by atoms with Crippen molar-refractivity contribution in [2.45, 2.75) is 38.5 Å². The number of furan rings is 1. The summed E-state index contributed by atoms with van der Waals surface area (Å²) in [5.74, 6) is -0.0641. The number of amides is 1. The van der Waals surface area contributed by atoms with E-state index in [0.29, 0.717) is 30.8 Å². The molecule has 2 N–H and O–H groups in total. The summed E-state index contributed by atoms with van der Waals surface area (Å²) in [6, 6.07) is 26.3. The number of ether oxygens (including phenoxy) is 1. The van der Waals surface area contributed by atoms with Crippen LogP contribution < -0.4 is 24.2 Å². The maximum absolute atomic E-state index is 13.3. The number of nitrogens with one attached hydrogen (secondary N) is 1. The third kappa shape index (κ3) is 8.39. The monoisotopic (exact) mass is 551 g/mol. The molecule has 0 bridgehead atoms. The van der Waals surface area contributed by atoms with Gasteiger partial charge < -0.3 is 21.0 Å². The van der Waals surface area contributed by atoms with Gasteiger partial charge in [-0.15, -0.1) is 0 Å². The molecule has 0 aliphatic rings. The predicted octanol–water partition coefficient (Wildman–Crippen LogP) is 3.81. The van der Waals surface area contributed by atoms with Gasteiger partial charge in [0, 0.05) is 12.0 Å². The van der Waals surface area contributed by atoms with Crippen LogP contribution in [0.25, 0.3) is 11.1 Å². The van der Waals surface area contributed by atoms with E-state index in [1.165, 1.54) is 0 Å². The van der Waals surface area contributed by atoms with Crippen molar-refractivity contribution in [3.8, 4) is 11.1 Å². The second-order valence-electron chi connectivity index (χ2n) is 9.35. The molecular formula is C32H34LiNO5S. The number of carboxylic acid groups (broad SMARTS) is 1. The zero-order valence-electron chi connectivity index (χ0n) is 24.1. The van der Waals surface area contributed by atoms with Crippen LogP contribution in [0.3, 0.4) is 0 Å². The van der Waals surface area contributed by atoms with Gasteiger partial charge in [-0.25, -0.2) is 4.79 Å². The van der Waals surface area contributed by atoms with Crippen molar-refractivity contribution in [1.82, 2.24) is 5.32 Å². The van der Waals surface area contributed by atoms with Crippen LogP contribution in [-0.2, 0) is 22.6 Å². The number of hydrogen-bond donors (Lipinski definition) is 2. The number of thioether (sulfide) groups is 1. The molecule has 1 heterocycles. The number of hydrogen-bond acceptors (Lipinski definition) is 5. The first-order valence-corrected chi connectivity index (χ1v) is 14.3. The first-order valence-electron chi connectivity index (χ1n) is 12.9. The third-order valence-electron chi connectivity index (χ3n) is 6.55. The Bertz CT molecular complexity index is 1380. The van der Waals surface area contributed by atoms with E-state index >= 15 is 0 Å². The van der Waals surface area contributed by atoms with Gasteiger partial charge in [-0.1, -0.05) is 60.7 Å². The van der Waals surface area contributed by atoms with E-state index in [1.807, 2.05) is 79.9 Å². The van der Waals surface area contributed by atoms with Crippen LogP contribution in [-0.4, -0.2) is 35.0 Å². The summed E-state index contributed by atoms with van der Waals surface area (Å²) in [7, 11) is 0. The molecule has 0 radical (unpaired) electrons. The number of carboxylic acids is 1. The van der Waals surface area contributed by atoms with Crippen molar-refractivity contribution in [3.05, 3.63) is 119 Å². The average molecular weight is 552 g/mol. The molecule has 2 unspecified atom stereocenters. The quantitative estimate of drug-likeness (QED) is 0.246. The molecule has 0 saturated heterocycles. The van der Waals surface area contributed by atoms with Gasteiger partial charge >= 0.3 is 24.8 Å². The minimum Gasteiger partial charge on any atom is -1.00 e. The largest absolute Gasteiger partial charge is 1.00 e. The van der Waals surface area contributed by atoms with Crippen LogP contribution in [0.4, 0.5) is 0 Å². The molecule has 4 aromatic rings. The summed E-state index contributed by atoms with van der Waals surface area (Å²) in [5, 5.41) is 12.3. The minimum atomic E-state index is -1.04. The molecule has 4 rings (SSSR count). The van der Waals surface area contributed by atoms with E-state index in [4.69, 9.17) is 9.15 Å². The van der Waals surface area contributed by atoms with E-state index in [9.17, 15) is 14.7 Å². The Morgan fingerprint density at radius 2 is 1.73 bits per heavy atom. The van der Waals surface area contributed by atoms with Gasteiger partial charge in [0.1, 0.15) is 17.9 Å². The first-order chi connectivity index (χ1) is 19.0. The molecule has 0 saturated carbocycles. The maximum Gasteiger partial charge on any atom is 1.00 e. The van der Waals surface area contributed by atoms with Crippen molar-refractivity contribution >= 4 is 23.6 Å². The van der Waals surface area contributed by atoms with E-state index in [0.717, 1.165) is 33.6 Å². The SMILES string of the molecule is CSCCC(NC(=O)c1ccc(COC(Cc2ccccc2)c2ccco2)cc1-c1ccccc1C)C(=O)O.[H-].[Li+]. The van der Waals surface area contributed by atoms with Gasteiger partial charge in [-0.2, -0.15) is 11.8 Å². The Hall–Kier alpha value is -3.21. The maximum atomic E-state index is 13.3. The summed E-state index contributed by atoms with van der Waals surface area (Å²) in [5.41, 5.74) is 5.12. The number of rotatable bonds is 13. The Balaban J connectivity index is 0.00000294. The van der Waals surface area contributed by atoms with Gasteiger partial charge in [-0.3, -0.25) is 4.79 Å². The fraction of sp³-hybridized carbons (Fsp3) is 0.250. The minimum absolute atomic E-state index is 0. The van der Waals surface area contributed by atoms with Gasteiger partial charge in [-0.05, 0) is 77.4 Å². The van der Waals surface area contributed by atoms with Crippen molar-refractivity contribution in [2.24, 2.45) is 0 Å². The molecule has 1 aromatic heterocycles. The molecule has 204 valence electrons. The van der Waals surface area contributed by atoms with E-state index in [2.05, 4.69) is 17.4 Å². The molecule has 0 fully saturated rings. The molecule has 8 heteroatoms. The van der Waals surface area contributed by atoms with Crippen molar-refractivity contribution in [3.63, 3.8) is 0 Å². The van der Waals surface area contributed by atoms with Gasteiger partial charge in [0.15, 0.2) is 0 Å². The van der Waals surface area contributed by atoms with Gasteiger partial charge in [0.2, 0.25) is 0 Å². The average Bonchev–Trinajstić information content (AvgIpc) is 3.49. The fourth-order valence-electron chi connectivity index (χ4n) is 4.45. The molecule has 6 nitrogen and oxygen atoms in total. The normalized spacial score (nSPS) is 12.2. The topological polar surface area (TPSA) is 88.8 Å². The second kappa shape index (κ2) is 15.5. The molecule has 0 spiro atoms. The van der Waals surface area contributed by atoms with Crippen LogP contribution in [0, 0.1) is 6.92 Å². The standard InChI is InChI=1S/C32H33NO5S.Li.H/c1-22-9-6-7-12-25(22)27-19-24(14-15-26(27)31(34)33-28(32(35)36)16-18-39-2)21-38-30(29-13-8-17-37-29)20-23-10-4-3-5-11-23;;/h3-15,17,19,28,30H,16,18,20-21H2,1-2H3,(H,33,34)(H,35,36);;/q;+1;-1. The molecule has 0 aliphatic carbocycles. The number of benzene rings is 3. The zero-order chi connectivity index (χ0) is 27.6. The van der Waals surface area contributed by atoms with E-state index < -0.39 is 17.9 Å². The molecule has 40 heavy (non-hydrogen) atoms. The number of aryl methyl sites for hydroxylation is 1. The zero-order valence-corrected chi connectivity index (χ0v) is 23.9. The predicted molar refractivity (Wildman–Crippen MR) is 156 cm³/mol. The first kappa shape index (κ1) is 31.3. The molecule has 3 aromatic carbocycles. The van der Waals surface area contributed by atoms with Gasteiger partial charge in [0.05, 0.1) is 12.9 Å². The van der Waals surface area contributed by atoms with Crippen molar-refractivity contribution in [1.29, 1.82) is 0 Å². The summed E-state index contributed by atoms with van der Waals surface area (Å²) >= 11 is 1.55. The number of carbonyl (C=O) groups is 2. The van der Waals surface area contributed by atoms with E-state index in [1.54, 1.807) is 24.1 Å². The molecule has 2 atom stereocenters. The van der Waals surface area contributed by atoms with Crippen LogP contribution in [0.5, 0.6) is 0 Å². The Morgan fingerprint density at radius 1 is 0.975 bits per heavy atom. The summed E-state index contributed by atoms with van der Waals surface area (Å²) in [4.78, 5) is 25.1. The summed E-state index contributed by atoms with van der Waals surface area (Å²) in [6.07, 6.45) is 4.29. The Labute approximate surface area is 253 Å². The number of aliphatic carboxylic acids is 1. The summed E-state index contributed by atoms with van der Waals surface area (Å²) < 4.78 is 12.0. The molecule has 0 aliphatic heterocycles.